The number of halogens is 1. The van der Waals surface area contributed by atoms with Crippen LogP contribution in [0.2, 0.25) is 5.02 Å². The van der Waals surface area contributed by atoms with Gasteiger partial charge in [-0.15, -0.1) is 0 Å². The van der Waals surface area contributed by atoms with Gasteiger partial charge >= 0.3 is 0 Å². The monoisotopic (exact) mass is 348 g/mol. The van der Waals surface area contributed by atoms with Gasteiger partial charge in [0.1, 0.15) is 18.1 Å². The second kappa shape index (κ2) is 9.80. The number of ether oxygens (including phenoxy) is 2. The van der Waals surface area contributed by atoms with E-state index in [-0.39, 0.29) is 12.5 Å². The molecule has 0 saturated heterocycles. The molecular formula is C18H21ClN2O3. The van der Waals surface area contributed by atoms with Gasteiger partial charge < -0.3 is 20.1 Å². The van der Waals surface area contributed by atoms with Crippen LogP contribution < -0.4 is 20.1 Å². The molecule has 0 spiro atoms. The molecule has 0 aliphatic heterocycles. The molecule has 0 bridgehead atoms. The van der Waals surface area contributed by atoms with Crippen LogP contribution in [0.4, 0.5) is 0 Å². The molecule has 2 aromatic rings. The van der Waals surface area contributed by atoms with E-state index in [2.05, 4.69) is 10.6 Å². The summed E-state index contributed by atoms with van der Waals surface area (Å²) in [4.78, 5) is 11.8. The van der Waals surface area contributed by atoms with Gasteiger partial charge in [0.05, 0.1) is 13.7 Å². The first-order valence-electron chi connectivity index (χ1n) is 7.66. The number of nitrogens with one attached hydrogen (secondary N) is 2. The van der Waals surface area contributed by atoms with E-state index in [4.69, 9.17) is 21.1 Å². The molecule has 128 valence electrons. The molecule has 2 rings (SSSR count). The second-order valence-electron chi connectivity index (χ2n) is 5.07. The lowest BCUT2D eigenvalue weighted by Crippen LogP contribution is -2.35. The first-order valence-corrected chi connectivity index (χ1v) is 8.04. The van der Waals surface area contributed by atoms with E-state index in [1.807, 2.05) is 42.5 Å². The van der Waals surface area contributed by atoms with Crippen LogP contribution in [0, 0.1) is 0 Å². The summed E-state index contributed by atoms with van der Waals surface area (Å²) >= 11 is 6.04. The van der Waals surface area contributed by atoms with Gasteiger partial charge in [0, 0.05) is 18.1 Å². The largest absolute Gasteiger partial charge is 0.497 e. The number of amides is 1. The number of rotatable bonds is 9. The van der Waals surface area contributed by atoms with Crippen molar-refractivity contribution in [1.82, 2.24) is 10.6 Å². The van der Waals surface area contributed by atoms with E-state index in [0.717, 1.165) is 17.1 Å². The highest BCUT2D eigenvalue weighted by Gasteiger charge is 2.03. The van der Waals surface area contributed by atoms with Crippen molar-refractivity contribution >= 4 is 17.5 Å². The highest BCUT2D eigenvalue weighted by molar-refractivity contribution is 6.31. The van der Waals surface area contributed by atoms with Gasteiger partial charge in [0.25, 0.3) is 0 Å². The van der Waals surface area contributed by atoms with Crippen LogP contribution in [0.15, 0.2) is 48.5 Å². The molecular weight excluding hydrogens is 328 g/mol. The lowest BCUT2D eigenvalue weighted by atomic mass is 10.2. The minimum atomic E-state index is -0.0839. The third-order valence-corrected chi connectivity index (χ3v) is 3.70. The van der Waals surface area contributed by atoms with Crippen molar-refractivity contribution < 1.29 is 14.3 Å². The normalized spacial score (nSPS) is 10.2. The standard InChI is InChI=1S/C18H21ClN2O3/c1-23-15-6-8-16(9-7-15)24-11-10-20-13-18(22)21-12-14-4-2-3-5-17(14)19/h2-9,20H,10-13H2,1H3,(H,21,22). The minimum Gasteiger partial charge on any atom is -0.497 e. The van der Waals surface area contributed by atoms with Crippen LogP contribution in [0.1, 0.15) is 5.56 Å². The molecule has 2 N–H and O–H groups in total. The smallest absolute Gasteiger partial charge is 0.234 e. The third-order valence-electron chi connectivity index (χ3n) is 3.33. The number of carbonyl (C=O) groups excluding carboxylic acids is 1. The summed E-state index contributed by atoms with van der Waals surface area (Å²) in [5.41, 5.74) is 0.898. The zero-order valence-electron chi connectivity index (χ0n) is 13.5. The van der Waals surface area contributed by atoms with E-state index in [9.17, 15) is 4.79 Å². The van der Waals surface area contributed by atoms with Crippen LogP contribution in [-0.2, 0) is 11.3 Å². The Morgan fingerprint density at radius 2 is 1.79 bits per heavy atom. The van der Waals surface area contributed by atoms with Gasteiger partial charge in [-0.2, -0.15) is 0 Å². The van der Waals surface area contributed by atoms with Crippen LogP contribution >= 0.6 is 11.6 Å². The topological polar surface area (TPSA) is 59.6 Å². The maximum atomic E-state index is 11.8. The zero-order chi connectivity index (χ0) is 17.2. The van der Waals surface area contributed by atoms with Crippen molar-refractivity contribution in [3.8, 4) is 11.5 Å². The first-order chi connectivity index (χ1) is 11.7. The van der Waals surface area contributed by atoms with Crippen molar-refractivity contribution in [3.63, 3.8) is 0 Å². The van der Waals surface area contributed by atoms with Crippen molar-refractivity contribution in [2.75, 3.05) is 26.8 Å². The summed E-state index contributed by atoms with van der Waals surface area (Å²) < 4.78 is 10.6. The van der Waals surface area contributed by atoms with Gasteiger partial charge in [-0.25, -0.2) is 0 Å². The molecule has 0 heterocycles. The average molecular weight is 349 g/mol. The van der Waals surface area contributed by atoms with E-state index >= 15 is 0 Å². The summed E-state index contributed by atoms with van der Waals surface area (Å²) in [7, 11) is 1.62. The van der Waals surface area contributed by atoms with Crippen LogP contribution in [0.5, 0.6) is 11.5 Å². The van der Waals surface area contributed by atoms with Crippen molar-refractivity contribution in [1.29, 1.82) is 0 Å². The molecule has 5 nitrogen and oxygen atoms in total. The van der Waals surface area contributed by atoms with E-state index in [1.165, 1.54) is 0 Å². The molecule has 2 aromatic carbocycles. The SMILES string of the molecule is COc1ccc(OCCNCC(=O)NCc2ccccc2Cl)cc1. The predicted molar refractivity (Wildman–Crippen MR) is 94.7 cm³/mol. The quantitative estimate of drug-likeness (QED) is 0.684. The fourth-order valence-electron chi connectivity index (χ4n) is 2.01. The Hall–Kier alpha value is -2.24. The van der Waals surface area contributed by atoms with E-state index in [1.54, 1.807) is 13.2 Å². The fraction of sp³-hybridized carbons (Fsp3) is 0.278. The van der Waals surface area contributed by atoms with Gasteiger partial charge in [0.2, 0.25) is 5.91 Å². The third kappa shape index (κ3) is 6.10. The van der Waals surface area contributed by atoms with Crippen LogP contribution in [0.25, 0.3) is 0 Å². The Bertz CT molecular complexity index is 647. The second-order valence-corrected chi connectivity index (χ2v) is 5.48. The Morgan fingerprint density at radius 3 is 2.50 bits per heavy atom. The summed E-state index contributed by atoms with van der Waals surface area (Å²) in [5, 5.41) is 6.51. The molecule has 0 aliphatic carbocycles. The molecule has 6 heteroatoms. The lowest BCUT2D eigenvalue weighted by molar-refractivity contribution is -0.120. The Balaban J connectivity index is 1.58. The number of methoxy groups -OCH3 is 1. The van der Waals surface area contributed by atoms with Crippen LogP contribution in [0.3, 0.4) is 0 Å². The molecule has 0 aromatic heterocycles. The van der Waals surface area contributed by atoms with E-state index < -0.39 is 0 Å². The highest BCUT2D eigenvalue weighted by atomic mass is 35.5. The maximum absolute atomic E-state index is 11.8. The molecule has 0 atom stereocenters. The molecule has 0 fully saturated rings. The molecule has 0 unspecified atom stereocenters. The predicted octanol–water partition coefficient (Wildman–Crippen LogP) is 2.63. The molecule has 0 saturated carbocycles. The summed E-state index contributed by atoms with van der Waals surface area (Å²) in [6, 6.07) is 14.8. The van der Waals surface area contributed by atoms with Gasteiger partial charge in [0.15, 0.2) is 0 Å². The van der Waals surface area contributed by atoms with Crippen molar-refractivity contribution in [2.24, 2.45) is 0 Å². The first kappa shape index (κ1) is 18.1. The van der Waals surface area contributed by atoms with Gasteiger partial charge in [-0.3, -0.25) is 4.79 Å². The molecule has 24 heavy (non-hydrogen) atoms. The van der Waals surface area contributed by atoms with Gasteiger partial charge in [-0.05, 0) is 35.9 Å². The number of carbonyl (C=O) groups is 1. The highest BCUT2D eigenvalue weighted by Crippen LogP contribution is 2.16. The number of hydrogen-bond acceptors (Lipinski definition) is 4. The molecule has 1 amide bonds. The Morgan fingerprint density at radius 1 is 1.08 bits per heavy atom. The summed E-state index contributed by atoms with van der Waals surface area (Å²) in [6.07, 6.45) is 0. The average Bonchev–Trinajstić information content (AvgIpc) is 2.61. The van der Waals surface area contributed by atoms with Crippen molar-refractivity contribution in [3.05, 3.63) is 59.1 Å². The minimum absolute atomic E-state index is 0.0839. The fourth-order valence-corrected chi connectivity index (χ4v) is 2.22. The summed E-state index contributed by atoms with van der Waals surface area (Å²) in [5.74, 6) is 1.47. The number of benzene rings is 2. The van der Waals surface area contributed by atoms with Crippen molar-refractivity contribution in [2.45, 2.75) is 6.54 Å². The Kier molecular flexibility index (Phi) is 7.39. The molecule has 0 aliphatic rings. The maximum Gasteiger partial charge on any atom is 0.234 e. The Labute approximate surface area is 146 Å². The van der Waals surface area contributed by atoms with Gasteiger partial charge in [-0.1, -0.05) is 29.8 Å². The van der Waals surface area contributed by atoms with E-state index in [0.29, 0.717) is 24.7 Å². The number of hydrogen-bond donors (Lipinski definition) is 2. The molecule has 0 radical (unpaired) electrons. The van der Waals surface area contributed by atoms with Crippen LogP contribution in [-0.4, -0.2) is 32.7 Å². The summed E-state index contributed by atoms with van der Waals surface area (Å²) in [6.45, 7) is 1.70. The zero-order valence-corrected chi connectivity index (χ0v) is 14.3. The lowest BCUT2D eigenvalue weighted by Gasteiger charge is -2.09.